The van der Waals surface area contributed by atoms with E-state index in [9.17, 15) is 9.90 Å². The molecule has 34 heavy (non-hydrogen) atoms. The van der Waals surface area contributed by atoms with Crippen molar-refractivity contribution in [3.63, 3.8) is 0 Å². The number of aliphatic hydroxyl groups excluding tert-OH is 1. The number of allylic oxidation sites excluding steroid dienone is 3. The summed E-state index contributed by atoms with van der Waals surface area (Å²) in [6.45, 7) is 15.7. The van der Waals surface area contributed by atoms with Crippen LogP contribution < -0.4 is 0 Å². The SMILES string of the molecule is CC(=O)O[C@H]1CC[C@]2(C)C3CC[C@@]4(C)C(=C3[C@H](O)[C@@H]3O[C@@]32C1)CC[C@@H]4[C@H](C)/C=C/[C@H](C)C(C)C. The number of esters is 1. The Kier molecular flexibility index (Phi) is 5.92. The first kappa shape index (κ1) is 24.6. The third-order valence-electron chi connectivity index (χ3n) is 11.2. The van der Waals surface area contributed by atoms with Crippen LogP contribution in [-0.2, 0) is 14.3 Å². The lowest BCUT2D eigenvalue weighted by Gasteiger charge is -2.56. The third kappa shape index (κ3) is 3.41. The zero-order valence-electron chi connectivity index (χ0n) is 22.4. The number of hydrogen-bond acceptors (Lipinski definition) is 4. The minimum Gasteiger partial charge on any atom is -0.462 e. The van der Waals surface area contributed by atoms with Gasteiger partial charge >= 0.3 is 5.97 Å². The molecule has 0 aromatic carbocycles. The molecule has 1 N–H and O–H groups in total. The Morgan fingerprint density at radius 3 is 2.53 bits per heavy atom. The lowest BCUT2D eigenvalue weighted by molar-refractivity contribution is -0.153. The fourth-order valence-corrected chi connectivity index (χ4v) is 8.79. The van der Waals surface area contributed by atoms with E-state index in [1.165, 1.54) is 25.3 Å². The molecule has 0 amide bonds. The predicted molar refractivity (Wildman–Crippen MR) is 134 cm³/mol. The number of epoxide rings is 1. The standard InChI is InChI=1S/C30H46O4/c1-17(2)18(3)8-9-19(4)22-10-11-23-25-24(13-14-28(22,23)6)29(7)15-12-21(33-20(5)31)16-30(29)27(34-30)26(25)32/h8-9,17-19,21-22,24,26-27,32H,10-16H2,1-7H3/b9-8+/t18-,19+,21-,22+,24?,26-,27-,28+,29+,30-/m0/s1. The van der Waals surface area contributed by atoms with Gasteiger partial charge < -0.3 is 14.6 Å². The molecule has 190 valence electrons. The molecule has 4 aliphatic carbocycles. The quantitative estimate of drug-likeness (QED) is 0.294. The van der Waals surface area contributed by atoms with Gasteiger partial charge in [-0.3, -0.25) is 4.79 Å². The maximum Gasteiger partial charge on any atom is 0.302 e. The second kappa shape index (κ2) is 8.20. The van der Waals surface area contributed by atoms with Crippen molar-refractivity contribution in [1.82, 2.24) is 0 Å². The van der Waals surface area contributed by atoms with Gasteiger partial charge in [0.1, 0.15) is 23.9 Å². The highest BCUT2D eigenvalue weighted by atomic mass is 16.6. The zero-order chi connectivity index (χ0) is 24.6. The number of carbonyl (C=O) groups excluding carboxylic acids is 1. The molecule has 0 aromatic heterocycles. The molecule has 0 bridgehead atoms. The molecule has 5 aliphatic rings. The highest BCUT2D eigenvalue weighted by molar-refractivity contribution is 5.66. The number of rotatable bonds is 5. The lowest BCUT2D eigenvalue weighted by Crippen LogP contribution is -2.58. The smallest absolute Gasteiger partial charge is 0.302 e. The van der Waals surface area contributed by atoms with Crippen LogP contribution in [0.1, 0.15) is 93.4 Å². The molecule has 1 saturated heterocycles. The van der Waals surface area contributed by atoms with Crippen LogP contribution in [0.4, 0.5) is 0 Å². The van der Waals surface area contributed by atoms with Gasteiger partial charge in [0.15, 0.2) is 0 Å². The van der Waals surface area contributed by atoms with Crippen LogP contribution in [0.2, 0.25) is 0 Å². The first-order valence-corrected chi connectivity index (χ1v) is 13.9. The summed E-state index contributed by atoms with van der Waals surface area (Å²) in [5, 5.41) is 11.6. The maximum absolute atomic E-state index is 11.6. The van der Waals surface area contributed by atoms with Crippen LogP contribution in [0.25, 0.3) is 0 Å². The largest absolute Gasteiger partial charge is 0.462 e. The average molecular weight is 471 g/mol. The molecular formula is C30H46O4. The van der Waals surface area contributed by atoms with Crippen molar-refractivity contribution in [3.8, 4) is 0 Å². The van der Waals surface area contributed by atoms with Gasteiger partial charge in [-0.1, -0.05) is 59.3 Å². The van der Waals surface area contributed by atoms with E-state index >= 15 is 0 Å². The fraction of sp³-hybridized carbons (Fsp3) is 0.833. The van der Waals surface area contributed by atoms with Gasteiger partial charge in [-0.15, -0.1) is 0 Å². The van der Waals surface area contributed by atoms with Crippen molar-refractivity contribution in [3.05, 3.63) is 23.3 Å². The van der Waals surface area contributed by atoms with Crippen molar-refractivity contribution in [2.45, 2.75) is 117 Å². The van der Waals surface area contributed by atoms with Crippen LogP contribution in [0, 0.1) is 40.4 Å². The van der Waals surface area contributed by atoms with Gasteiger partial charge in [-0.05, 0) is 79.1 Å². The van der Waals surface area contributed by atoms with E-state index in [1.807, 2.05) is 0 Å². The summed E-state index contributed by atoms with van der Waals surface area (Å²) < 4.78 is 12.1. The molecule has 1 aliphatic heterocycles. The summed E-state index contributed by atoms with van der Waals surface area (Å²) in [5.74, 6) is 2.63. The molecule has 5 rings (SSSR count). The van der Waals surface area contributed by atoms with E-state index in [1.54, 1.807) is 5.57 Å². The summed E-state index contributed by atoms with van der Waals surface area (Å²) in [5.41, 5.74) is 2.78. The predicted octanol–water partition coefficient (Wildman–Crippen LogP) is 6.23. The van der Waals surface area contributed by atoms with Crippen LogP contribution in [0.15, 0.2) is 23.3 Å². The summed E-state index contributed by atoms with van der Waals surface area (Å²) in [6, 6.07) is 0. The lowest BCUT2D eigenvalue weighted by atomic mass is 9.48. The van der Waals surface area contributed by atoms with Crippen LogP contribution in [0.5, 0.6) is 0 Å². The monoisotopic (exact) mass is 470 g/mol. The molecule has 1 spiro atoms. The Hall–Kier alpha value is -1.13. The van der Waals surface area contributed by atoms with Gasteiger partial charge in [-0.2, -0.15) is 0 Å². The first-order valence-electron chi connectivity index (χ1n) is 13.9. The van der Waals surface area contributed by atoms with E-state index < -0.39 is 6.10 Å². The minimum atomic E-state index is -0.505. The number of carbonyl (C=O) groups is 1. The Balaban J connectivity index is 1.43. The molecule has 10 atom stereocenters. The third-order valence-corrected chi connectivity index (χ3v) is 11.2. The molecule has 4 fully saturated rings. The number of hydrogen-bond donors (Lipinski definition) is 1. The van der Waals surface area contributed by atoms with E-state index in [0.717, 1.165) is 32.1 Å². The van der Waals surface area contributed by atoms with Crippen molar-refractivity contribution < 1.29 is 19.4 Å². The summed E-state index contributed by atoms with van der Waals surface area (Å²) in [7, 11) is 0. The van der Waals surface area contributed by atoms with Gasteiger partial charge in [0.2, 0.25) is 0 Å². The number of fused-ring (bicyclic) bond motifs is 3. The number of ether oxygens (including phenoxy) is 2. The van der Waals surface area contributed by atoms with E-state index in [-0.39, 0.29) is 34.6 Å². The Morgan fingerprint density at radius 2 is 1.85 bits per heavy atom. The molecule has 0 radical (unpaired) electrons. The van der Waals surface area contributed by atoms with Crippen LogP contribution in [0.3, 0.4) is 0 Å². The van der Waals surface area contributed by atoms with Crippen LogP contribution >= 0.6 is 0 Å². The number of aliphatic hydroxyl groups is 1. The first-order chi connectivity index (χ1) is 15.9. The zero-order valence-corrected chi connectivity index (χ0v) is 22.4. The van der Waals surface area contributed by atoms with Gasteiger partial charge in [-0.25, -0.2) is 0 Å². The highest BCUT2D eigenvalue weighted by Crippen LogP contribution is 2.72. The summed E-state index contributed by atoms with van der Waals surface area (Å²) in [4.78, 5) is 11.6. The van der Waals surface area contributed by atoms with Crippen LogP contribution in [-0.4, -0.2) is 35.0 Å². The minimum absolute atomic E-state index is 0.0213. The molecule has 0 aromatic rings. The van der Waals surface area contributed by atoms with Crippen molar-refractivity contribution in [1.29, 1.82) is 0 Å². The van der Waals surface area contributed by atoms with Gasteiger partial charge in [0.05, 0.1) is 0 Å². The Morgan fingerprint density at radius 1 is 1.12 bits per heavy atom. The van der Waals surface area contributed by atoms with E-state index in [4.69, 9.17) is 9.47 Å². The maximum atomic E-state index is 11.6. The molecule has 3 saturated carbocycles. The van der Waals surface area contributed by atoms with Crippen molar-refractivity contribution >= 4 is 5.97 Å². The van der Waals surface area contributed by atoms with E-state index in [0.29, 0.717) is 29.6 Å². The van der Waals surface area contributed by atoms with Crippen molar-refractivity contribution in [2.75, 3.05) is 0 Å². The normalized spacial score (nSPS) is 47.0. The second-order valence-corrected chi connectivity index (χ2v) is 13.2. The summed E-state index contributed by atoms with van der Waals surface area (Å²) in [6.07, 6.45) is 11.5. The Labute approximate surface area is 206 Å². The average Bonchev–Trinajstić information content (AvgIpc) is 3.39. The van der Waals surface area contributed by atoms with E-state index in [2.05, 4.69) is 53.7 Å². The molecular weight excluding hydrogens is 424 g/mol. The van der Waals surface area contributed by atoms with Crippen molar-refractivity contribution in [2.24, 2.45) is 40.4 Å². The summed E-state index contributed by atoms with van der Waals surface area (Å²) >= 11 is 0. The second-order valence-electron chi connectivity index (χ2n) is 13.2. The Bertz CT molecular complexity index is 903. The highest BCUT2D eigenvalue weighted by Gasteiger charge is 2.77. The molecule has 4 heteroatoms. The molecule has 4 nitrogen and oxygen atoms in total. The van der Waals surface area contributed by atoms with Gasteiger partial charge in [0, 0.05) is 18.8 Å². The molecule has 1 heterocycles. The fourth-order valence-electron chi connectivity index (χ4n) is 8.79. The topological polar surface area (TPSA) is 59.1 Å². The molecule has 1 unspecified atom stereocenters. The van der Waals surface area contributed by atoms with Gasteiger partial charge in [0.25, 0.3) is 0 Å².